The molecule has 0 aromatic carbocycles. The third kappa shape index (κ3) is 3.40. The van der Waals surface area contributed by atoms with E-state index in [9.17, 15) is 9.18 Å². The zero-order chi connectivity index (χ0) is 11.4. The molecule has 0 amide bonds. The van der Waals surface area contributed by atoms with E-state index >= 15 is 0 Å². The van der Waals surface area contributed by atoms with Gasteiger partial charge in [0, 0.05) is 6.54 Å². The highest BCUT2D eigenvalue weighted by Crippen LogP contribution is 2.18. The Morgan fingerprint density at radius 2 is 2.40 bits per heavy atom. The molecule has 4 unspecified atom stereocenters. The van der Waals surface area contributed by atoms with Gasteiger partial charge in [0.2, 0.25) is 0 Å². The maximum atomic E-state index is 13.2. The molecule has 0 aliphatic carbocycles. The number of nitrogens with two attached hydrogens (primary N) is 1. The van der Waals surface area contributed by atoms with Crippen molar-refractivity contribution in [3.63, 3.8) is 0 Å². The van der Waals surface area contributed by atoms with E-state index in [0.29, 0.717) is 13.0 Å². The van der Waals surface area contributed by atoms with Gasteiger partial charge in [-0.3, -0.25) is 10.1 Å². The van der Waals surface area contributed by atoms with Gasteiger partial charge in [0.1, 0.15) is 18.4 Å². The van der Waals surface area contributed by atoms with Crippen LogP contribution in [0.2, 0.25) is 0 Å². The quantitative estimate of drug-likeness (QED) is 0.613. The average Bonchev–Trinajstić information content (AvgIpc) is 2.20. The summed E-state index contributed by atoms with van der Waals surface area (Å²) in [6, 6.07) is -1.17. The topological polar surface area (TPSA) is 84.6 Å². The largest absolute Gasteiger partial charge is 0.480 e. The minimum absolute atomic E-state index is 0.159. The molecule has 5 nitrogen and oxygen atoms in total. The first-order chi connectivity index (χ1) is 7.04. The first kappa shape index (κ1) is 12.4. The van der Waals surface area contributed by atoms with Crippen molar-refractivity contribution in [2.75, 3.05) is 6.54 Å². The third-order valence-corrected chi connectivity index (χ3v) is 2.43. The number of carbonyl (C=O) groups is 1. The number of aliphatic carboxylic acids is 1. The van der Waals surface area contributed by atoms with Crippen LogP contribution in [0.4, 0.5) is 4.39 Å². The number of piperidine rings is 1. The van der Waals surface area contributed by atoms with Gasteiger partial charge in [-0.1, -0.05) is 0 Å². The Morgan fingerprint density at radius 3 is 2.93 bits per heavy atom. The van der Waals surface area contributed by atoms with Crippen LogP contribution in [0.5, 0.6) is 0 Å². The van der Waals surface area contributed by atoms with Gasteiger partial charge in [0.25, 0.3) is 0 Å². The van der Waals surface area contributed by atoms with Crippen LogP contribution in [0.15, 0.2) is 0 Å². The van der Waals surface area contributed by atoms with Crippen molar-refractivity contribution in [1.29, 1.82) is 0 Å². The van der Waals surface area contributed by atoms with E-state index in [1.165, 1.54) is 0 Å². The highest BCUT2D eigenvalue weighted by Gasteiger charge is 2.35. The lowest BCUT2D eigenvalue weighted by atomic mass is 10.0. The average molecular weight is 220 g/mol. The Labute approximate surface area is 87.8 Å². The molecule has 88 valence electrons. The van der Waals surface area contributed by atoms with Crippen molar-refractivity contribution >= 4 is 5.97 Å². The number of alkyl halides is 1. The summed E-state index contributed by atoms with van der Waals surface area (Å²) in [6.07, 6.45) is -1.26. The normalized spacial score (nSPS) is 33.7. The molecule has 1 fully saturated rings. The fourth-order valence-electron chi connectivity index (χ4n) is 1.53. The minimum atomic E-state index is -1.35. The molecule has 4 atom stereocenters. The Balaban J connectivity index is 2.46. The molecule has 4 N–H and O–H groups in total. The highest BCUT2D eigenvalue weighted by molar-refractivity contribution is 5.74. The van der Waals surface area contributed by atoms with Crippen LogP contribution in [-0.4, -0.2) is 42.2 Å². The number of rotatable bonds is 4. The highest BCUT2D eigenvalue weighted by atomic mass is 19.1. The summed E-state index contributed by atoms with van der Waals surface area (Å²) in [5.74, 6) is -1.18. The number of carboxylic acid groups (broad SMARTS) is 1. The maximum absolute atomic E-state index is 13.2. The molecule has 0 radical (unpaired) electrons. The predicted octanol–water partition coefficient (Wildman–Crippen LogP) is -0.149. The summed E-state index contributed by atoms with van der Waals surface area (Å²) in [6.45, 7) is 2.15. The zero-order valence-corrected chi connectivity index (χ0v) is 8.65. The fourth-order valence-corrected chi connectivity index (χ4v) is 1.53. The van der Waals surface area contributed by atoms with Crippen molar-refractivity contribution in [2.45, 2.75) is 44.3 Å². The lowest BCUT2D eigenvalue weighted by Crippen LogP contribution is -2.54. The zero-order valence-electron chi connectivity index (χ0n) is 8.65. The van der Waals surface area contributed by atoms with Crippen molar-refractivity contribution < 1.29 is 19.0 Å². The standard InChI is InChI=1S/C9H17FN2O3/c1-5(4-11)15-7-3-2-6(10)8(12-7)9(13)14/h5-8,12H,2-4,11H2,1H3,(H,13,14). The monoisotopic (exact) mass is 220 g/mol. The van der Waals surface area contributed by atoms with Gasteiger partial charge in [-0.2, -0.15) is 0 Å². The Kier molecular flexibility index (Phi) is 4.44. The summed E-state index contributed by atoms with van der Waals surface area (Å²) in [5, 5.41) is 11.4. The molecule has 15 heavy (non-hydrogen) atoms. The van der Waals surface area contributed by atoms with Crippen LogP contribution in [-0.2, 0) is 9.53 Å². The second kappa shape index (κ2) is 5.39. The number of hydrogen-bond acceptors (Lipinski definition) is 4. The number of hydrogen-bond donors (Lipinski definition) is 3. The van der Waals surface area contributed by atoms with Gasteiger partial charge in [-0.25, -0.2) is 4.39 Å². The van der Waals surface area contributed by atoms with E-state index in [4.69, 9.17) is 15.6 Å². The molecule has 0 spiro atoms. The fraction of sp³-hybridized carbons (Fsp3) is 0.889. The maximum Gasteiger partial charge on any atom is 0.323 e. The molecule has 0 aromatic heterocycles. The summed E-state index contributed by atoms with van der Waals surface area (Å²) >= 11 is 0. The van der Waals surface area contributed by atoms with Crippen LogP contribution in [0.1, 0.15) is 19.8 Å². The molecule has 1 heterocycles. The molecule has 1 aliphatic heterocycles. The summed E-state index contributed by atoms with van der Waals surface area (Å²) < 4.78 is 18.6. The van der Waals surface area contributed by atoms with Gasteiger partial charge >= 0.3 is 5.97 Å². The van der Waals surface area contributed by atoms with Crippen LogP contribution in [0, 0.1) is 0 Å². The van der Waals surface area contributed by atoms with Crippen LogP contribution >= 0.6 is 0 Å². The first-order valence-corrected chi connectivity index (χ1v) is 5.03. The summed E-state index contributed by atoms with van der Waals surface area (Å²) in [5.41, 5.74) is 5.37. The van der Waals surface area contributed by atoms with E-state index in [0.717, 1.165) is 0 Å². The van der Waals surface area contributed by atoms with Gasteiger partial charge in [-0.15, -0.1) is 0 Å². The van der Waals surface area contributed by atoms with E-state index in [1.54, 1.807) is 6.92 Å². The Hall–Kier alpha value is -0.720. The lowest BCUT2D eigenvalue weighted by Gasteiger charge is -2.32. The van der Waals surface area contributed by atoms with Crippen LogP contribution in [0.3, 0.4) is 0 Å². The molecule has 0 saturated carbocycles. The van der Waals surface area contributed by atoms with E-state index in [-0.39, 0.29) is 12.5 Å². The Morgan fingerprint density at radius 1 is 1.73 bits per heavy atom. The SMILES string of the molecule is CC(CN)OC1CCC(F)C(C(=O)O)N1. The molecular weight excluding hydrogens is 203 g/mol. The molecular formula is C9H17FN2O3. The smallest absolute Gasteiger partial charge is 0.323 e. The number of carboxylic acids is 1. The molecule has 1 aliphatic rings. The number of halogens is 1. The Bertz CT molecular complexity index is 227. The van der Waals surface area contributed by atoms with Crippen molar-refractivity contribution in [1.82, 2.24) is 5.32 Å². The van der Waals surface area contributed by atoms with Crippen LogP contribution < -0.4 is 11.1 Å². The second-order valence-electron chi connectivity index (χ2n) is 3.75. The third-order valence-electron chi connectivity index (χ3n) is 2.43. The minimum Gasteiger partial charge on any atom is -0.480 e. The van der Waals surface area contributed by atoms with Crippen molar-refractivity contribution in [3.05, 3.63) is 0 Å². The van der Waals surface area contributed by atoms with Gasteiger partial charge in [0.05, 0.1) is 6.10 Å². The predicted molar refractivity (Wildman–Crippen MR) is 52.1 cm³/mol. The van der Waals surface area contributed by atoms with Crippen molar-refractivity contribution in [2.24, 2.45) is 5.73 Å². The number of nitrogens with one attached hydrogen (secondary N) is 1. The van der Waals surface area contributed by atoms with Gasteiger partial charge < -0.3 is 15.6 Å². The second-order valence-corrected chi connectivity index (χ2v) is 3.75. The van der Waals surface area contributed by atoms with Crippen molar-refractivity contribution in [3.8, 4) is 0 Å². The lowest BCUT2D eigenvalue weighted by molar-refractivity contribution is -0.146. The summed E-state index contributed by atoms with van der Waals surface area (Å²) in [7, 11) is 0. The van der Waals surface area contributed by atoms with E-state index in [2.05, 4.69) is 5.32 Å². The van der Waals surface area contributed by atoms with E-state index in [1.807, 2.05) is 0 Å². The van der Waals surface area contributed by atoms with Gasteiger partial charge in [0.15, 0.2) is 0 Å². The van der Waals surface area contributed by atoms with Gasteiger partial charge in [-0.05, 0) is 19.8 Å². The number of ether oxygens (including phenoxy) is 1. The first-order valence-electron chi connectivity index (χ1n) is 5.03. The van der Waals surface area contributed by atoms with Crippen LogP contribution in [0.25, 0.3) is 0 Å². The molecule has 1 saturated heterocycles. The molecule has 0 aromatic rings. The molecule has 6 heteroatoms. The molecule has 1 rings (SSSR count). The molecule has 0 bridgehead atoms. The van der Waals surface area contributed by atoms with E-state index < -0.39 is 24.4 Å². The summed E-state index contributed by atoms with van der Waals surface area (Å²) in [4.78, 5) is 10.7.